The molecule has 2 rings (SSSR count). The van der Waals surface area contributed by atoms with Gasteiger partial charge in [-0.1, -0.05) is 39.0 Å². The van der Waals surface area contributed by atoms with Gasteiger partial charge in [-0.05, 0) is 59.2 Å². The summed E-state index contributed by atoms with van der Waals surface area (Å²) in [6.07, 6.45) is 2.99. The summed E-state index contributed by atoms with van der Waals surface area (Å²) >= 11 is 0. The molecule has 0 aliphatic rings. The Balaban J connectivity index is 2.66. The summed E-state index contributed by atoms with van der Waals surface area (Å²) in [6, 6.07) is 9.85. The number of nitrogens with two attached hydrogens (primary N) is 1. The van der Waals surface area contributed by atoms with Gasteiger partial charge < -0.3 is 5.73 Å². The molecule has 21 heavy (non-hydrogen) atoms. The third-order valence-corrected chi connectivity index (χ3v) is 4.09. The second kappa shape index (κ2) is 6.86. The Labute approximate surface area is 127 Å². The minimum absolute atomic E-state index is 0.220. The van der Waals surface area contributed by atoms with Crippen LogP contribution in [0.2, 0.25) is 0 Å². The van der Waals surface area contributed by atoms with Gasteiger partial charge in [-0.2, -0.15) is 0 Å². The summed E-state index contributed by atoms with van der Waals surface area (Å²) in [5.74, 6) is -0.220. The second-order valence-electron chi connectivity index (χ2n) is 5.36. The molecular weight excluding hydrogens is 261 g/mol. The van der Waals surface area contributed by atoms with Crippen LogP contribution < -0.4 is 5.73 Å². The quantitative estimate of drug-likeness (QED) is 0.851. The Morgan fingerprint density at radius 3 is 1.95 bits per heavy atom. The molecule has 0 amide bonds. The highest BCUT2D eigenvalue weighted by atomic mass is 19.1. The third kappa shape index (κ3) is 3.16. The SMILES string of the molecule is CCc1cc(CC)c(-c2ccc(F)c(CN)c2)c(CC)c1. The van der Waals surface area contributed by atoms with Crippen molar-refractivity contribution < 1.29 is 4.39 Å². The molecule has 0 unspecified atom stereocenters. The van der Waals surface area contributed by atoms with Crippen molar-refractivity contribution in [3.63, 3.8) is 0 Å². The number of hydrogen-bond donors (Lipinski definition) is 1. The van der Waals surface area contributed by atoms with Crippen LogP contribution in [0.25, 0.3) is 11.1 Å². The summed E-state index contributed by atoms with van der Waals surface area (Å²) in [4.78, 5) is 0. The fourth-order valence-electron chi connectivity index (χ4n) is 2.86. The molecule has 1 nitrogen and oxygen atoms in total. The highest BCUT2D eigenvalue weighted by Crippen LogP contribution is 2.31. The Morgan fingerprint density at radius 1 is 0.857 bits per heavy atom. The van der Waals surface area contributed by atoms with Crippen LogP contribution in [0.5, 0.6) is 0 Å². The molecule has 0 saturated carbocycles. The first-order valence-corrected chi connectivity index (χ1v) is 7.78. The van der Waals surface area contributed by atoms with Gasteiger partial charge in [0.2, 0.25) is 0 Å². The number of aryl methyl sites for hydroxylation is 3. The summed E-state index contributed by atoms with van der Waals surface area (Å²) < 4.78 is 13.7. The van der Waals surface area contributed by atoms with Crippen molar-refractivity contribution in [2.24, 2.45) is 5.73 Å². The zero-order valence-electron chi connectivity index (χ0n) is 13.2. The number of halogens is 1. The van der Waals surface area contributed by atoms with Gasteiger partial charge in [0, 0.05) is 12.1 Å². The van der Waals surface area contributed by atoms with Gasteiger partial charge in [0.15, 0.2) is 0 Å². The van der Waals surface area contributed by atoms with Crippen LogP contribution in [0, 0.1) is 5.82 Å². The van der Waals surface area contributed by atoms with Gasteiger partial charge >= 0.3 is 0 Å². The summed E-state index contributed by atoms with van der Waals surface area (Å²) in [5.41, 5.74) is 12.6. The maximum atomic E-state index is 13.7. The van der Waals surface area contributed by atoms with Gasteiger partial charge in [-0.3, -0.25) is 0 Å². The van der Waals surface area contributed by atoms with Crippen LogP contribution in [0.15, 0.2) is 30.3 Å². The Hall–Kier alpha value is -1.67. The molecule has 2 N–H and O–H groups in total. The van der Waals surface area contributed by atoms with Crippen molar-refractivity contribution in [1.29, 1.82) is 0 Å². The van der Waals surface area contributed by atoms with Crippen molar-refractivity contribution in [2.75, 3.05) is 0 Å². The van der Waals surface area contributed by atoms with E-state index in [0.717, 1.165) is 24.8 Å². The normalized spacial score (nSPS) is 10.9. The number of rotatable bonds is 5. The molecule has 0 aliphatic heterocycles. The Morgan fingerprint density at radius 2 is 1.48 bits per heavy atom. The first-order valence-electron chi connectivity index (χ1n) is 7.78. The highest BCUT2D eigenvalue weighted by Gasteiger charge is 2.12. The first kappa shape index (κ1) is 15.7. The number of hydrogen-bond acceptors (Lipinski definition) is 1. The van der Waals surface area contributed by atoms with E-state index in [1.807, 2.05) is 12.1 Å². The van der Waals surface area contributed by atoms with E-state index < -0.39 is 0 Å². The van der Waals surface area contributed by atoms with Crippen molar-refractivity contribution in [2.45, 2.75) is 46.6 Å². The molecule has 0 spiro atoms. The van der Waals surface area contributed by atoms with Crippen molar-refractivity contribution in [3.8, 4) is 11.1 Å². The van der Waals surface area contributed by atoms with Crippen LogP contribution >= 0.6 is 0 Å². The Bertz CT molecular complexity index is 606. The van der Waals surface area contributed by atoms with Gasteiger partial charge in [-0.15, -0.1) is 0 Å². The molecule has 2 heteroatoms. The zero-order valence-corrected chi connectivity index (χ0v) is 13.2. The van der Waals surface area contributed by atoms with E-state index in [1.54, 1.807) is 0 Å². The lowest BCUT2D eigenvalue weighted by Gasteiger charge is -2.17. The molecule has 0 heterocycles. The van der Waals surface area contributed by atoms with Crippen LogP contribution in [0.3, 0.4) is 0 Å². The molecule has 0 atom stereocenters. The topological polar surface area (TPSA) is 26.0 Å². The zero-order chi connectivity index (χ0) is 15.4. The highest BCUT2D eigenvalue weighted by molar-refractivity contribution is 5.72. The molecule has 0 aromatic heterocycles. The lowest BCUT2D eigenvalue weighted by molar-refractivity contribution is 0.611. The summed E-state index contributed by atoms with van der Waals surface area (Å²) in [5, 5.41) is 0. The second-order valence-corrected chi connectivity index (χ2v) is 5.36. The van der Waals surface area contributed by atoms with E-state index in [2.05, 4.69) is 32.9 Å². The standard InChI is InChI=1S/C19H24FN/c1-4-13-9-14(5-2)19(15(6-3)10-13)16-7-8-18(20)17(11-16)12-21/h7-11H,4-6,12,21H2,1-3H3. The average molecular weight is 285 g/mol. The molecule has 0 saturated heterocycles. The summed E-state index contributed by atoms with van der Waals surface area (Å²) in [7, 11) is 0. The third-order valence-electron chi connectivity index (χ3n) is 4.09. The van der Waals surface area contributed by atoms with E-state index in [0.29, 0.717) is 5.56 Å². The van der Waals surface area contributed by atoms with Crippen molar-refractivity contribution in [3.05, 3.63) is 58.4 Å². The van der Waals surface area contributed by atoms with Gasteiger partial charge in [0.1, 0.15) is 5.82 Å². The van der Waals surface area contributed by atoms with E-state index in [1.165, 1.54) is 28.3 Å². The van der Waals surface area contributed by atoms with Gasteiger partial charge in [0.05, 0.1) is 0 Å². The average Bonchev–Trinajstić information content (AvgIpc) is 2.54. The predicted octanol–water partition coefficient (Wildman–Crippen LogP) is 4.64. The molecule has 112 valence electrons. The fraction of sp³-hybridized carbons (Fsp3) is 0.368. The summed E-state index contributed by atoms with van der Waals surface area (Å²) in [6.45, 7) is 6.75. The van der Waals surface area contributed by atoms with Crippen LogP contribution in [0.4, 0.5) is 4.39 Å². The van der Waals surface area contributed by atoms with Crippen molar-refractivity contribution in [1.82, 2.24) is 0 Å². The predicted molar refractivity (Wildman–Crippen MR) is 87.9 cm³/mol. The smallest absolute Gasteiger partial charge is 0.127 e. The molecule has 0 bridgehead atoms. The van der Waals surface area contributed by atoms with E-state index in [4.69, 9.17) is 5.73 Å². The first-order chi connectivity index (χ1) is 10.1. The van der Waals surface area contributed by atoms with Gasteiger partial charge in [-0.25, -0.2) is 4.39 Å². The molecule has 2 aromatic carbocycles. The van der Waals surface area contributed by atoms with Gasteiger partial charge in [0.25, 0.3) is 0 Å². The number of benzene rings is 2. The maximum absolute atomic E-state index is 13.7. The van der Waals surface area contributed by atoms with Crippen LogP contribution in [-0.4, -0.2) is 0 Å². The molecule has 0 aliphatic carbocycles. The molecular formula is C19H24FN. The fourth-order valence-corrected chi connectivity index (χ4v) is 2.86. The minimum atomic E-state index is -0.220. The monoisotopic (exact) mass is 285 g/mol. The van der Waals surface area contributed by atoms with Crippen molar-refractivity contribution >= 4 is 0 Å². The lowest BCUT2D eigenvalue weighted by Crippen LogP contribution is -2.02. The molecule has 0 fully saturated rings. The van der Waals surface area contributed by atoms with Crippen LogP contribution in [-0.2, 0) is 25.8 Å². The van der Waals surface area contributed by atoms with E-state index in [9.17, 15) is 4.39 Å². The molecule has 0 radical (unpaired) electrons. The minimum Gasteiger partial charge on any atom is -0.326 e. The maximum Gasteiger partial charge on any atom is 0.127 e. The Kier molecular flexibility index (Phi) is 5.13. The molecule has 2 aromatic rings. The van der Waals surface area contributed by atoms with E-state index in [-0.39, 0.29) is 12.4 Å². The van der Waals surface area contributed by atoms with Crippen LogP contribution in [0.1, 0.15) is 43.0 Å². The largest absolute Gasteiger partial charge is 0.326 e. The lowest BCUT2D eigenvalue weighted by atomic mass is 9.88. The van der Waals surface area contributed by atoms with E-state index >= 15 is 0 Å².